The first-order chi connectivity index (χ1) is 8.19. The van der Waals surface area contributed by atoms with Crippen LogP contribution >= 0.6 is 0 Å². The van der Waals surface area contributed by atoms with E-state index in [-0.39, 0.29) is 17.9 Å². The smallest absolute Gasteiger partial charge is 0.337 e. The van der Waals surface area contributed by atoms with Crippen molar-refractivity contribution in [3.8, 4) is 6.01 Å². The van der Waals surface area contributed by atoms with Gasteiger partial charge in [0.05, 0.1) is 18.4 Å². The largest absolute Gasteiger partial charge is 0.463 e. The van der Waals surface area contributed by atoms with Crippen molar-refractivity contribution in [2.24, 2.45) is 7.05 Å². The van der Waals surface area contributed by atoms with E-state index >= 15 is 0 Å². The molecular weight excluding hydrogens is 224 g/mol. The first kappa shape index (κ1) is 11.1. The van der Waals surface area contributed by atoms with Gasteiger partial charge in [-0.05, 0) is 6.92 Å². The van der Waals surface area contributed by atoms with E-state index in [2.05, 4.69) is 25.6 Å². The van der Waals surface area contributed by atoms with Gasteiger partial charge in [0.25, 0.3) is 5.91 Å². The Morgan fingerprint density at radius 3 is 3.12 bits per heavy atom. The van der Waals surface area contributed by atoms with E-state index in [1.165, 1.54) is 6.20 Å². The summed E-state index contributed by atoms with van der Waals surface area (Å²) in [6.07, 6.45) is 3.07. The number of aryl methyl sites for hydroxylation is 1. The van der Waals surface area contributed by atoms with Gasteiger partial charge in [0.1, 0.15) is 0 Å². The van der Waals surface area contributed by atoms with E-state index in [9.17, 15) is 4.79 Å². The Labute approximate surface area is 97.0 Å². The van der Waals surface area contributed by atoms with E-state index in [4.69, 9.17) is 4.74 Å². The fourth-order valence-corrected chi connectivity index (χ4v) is 1.21. The average molecular weight is 236 g/mol. The van der Waals surface area contributed by atoms with E-state index in [0.717, 1.165) is 0 Å². The molecule has 2 aromatic heterocycles. The van der Waals surface area contributed by atoms with Crippen molar-refractivity contribution in [3.63, 3.8) is 0 Å². The first-order valence-electron chi connectivity index (χ1n) is 5.04. The van der Waals surface area contributed by atoms with Crippen molar-refractivity contribution in [1.82, 2.24) is 25.0 Å². The Bertz CT molecular complexity index is 517. The molecule has 1 amide bonds. The number of hydrogen-bond acceptors (Lipinski definition) is 5. The van der Waals surface area contributed by atoms with Crippen LogP contribution in [0.25, 0.3) is 0 Å². The number of aromatic amines is 1. The number of ether oxygens (including phenoxy) is 1. The van der Waals surface area contributed by atoms with Crippen LogP contribution in [0.15, 0.2) is 12.4 Å². The number of H-pyrrole nitrogens is 1. The molecule has 90 valence electrons. The molecule has 8 nitrogen and oxygen atoms in total. The maximum absolute atomic E-state index is 11.7. The molecule has 2 aromatic rings. The molecule has 0 saturated carbocycles. The van der Waals surface area contributed by atoms with Gasteiger partial charge >= 0.3 is 6.01 Å². The van der Waals surface area contributed by atoms with Crippen molar-refractivity contribution in [3.05, 3.63) is 18.0 Å². The zero-order valence-electron chi connectivity index (χ0n) is 9.47. The molecular formula is C9H12N6O2. The number of nitrogens with one attached hydrogen (secondary N) is 2. The fourth-order valence-electron chi connectivity index (χ4n) is 1.21. The summed E-state index contributed by atoms with van der Waals surface area (Å²) in [7, 11) is 1.73. The Morgan fingerprint density at radius 1 is 1.65 bits per heavy atom. The molecule has 8 heteroatoms. The second-order valence-corrected chi connectivity index (χ2v) is 3.26. The Kier molecular flexibility index (Phi) is 3.03. The van der Waals surface area contributed by atoms with Crippen LogP contribution in [-0.2, 0) is 7.05 Å². The van der Waals surface area contributed by atoms with Crippen LogP contribution < -0.4 is 10.1 Å². The third kappa shape index (κ3) is 2.60. The third-order valence-corrected chi connectivity index (χ3v) is 1.94. The molecule has 0 unspecified atom stereocenters. The monoisotopic (exact) mass is 236 g/mol. The molecule has 17 heavy (non-hydrogen) atoms. The van der Waals surface area contributed by atoms with Gasteiger partial charge < -0.3 is 4.74 Å². The molecule has 0 bridgehead atoms. The predicted octanol–water partition coefficient (Wildman–Crippen LogP) is 0.189. The molecule has 0 saturated heterocycles. The summed E-state index contributed by atoms with van der Waals surface area (Å²) in [6.45, 7) is 2.29. The van der Waals surface area contributed by atoms with Gasteiger partial charge in [0.2, 0.25) is 5.95 Å². The van der Waals surface area contributed by atoms with Crippen LogP contribution in [0.5, 0.6) is 6.01 Å². The molecule has 0 fully saturated rings. The molecule has 0 aliphatic heterocycles. The number of carbonyl (C=O) groups excluding carboxylic acids is 1. The minimum atomic E-state index is -0.308. The summed E-state index contributed by atoms with van der Waals surface area (Å²) in [5.74, 6) is -0.0698. The van der Waals surface area contributed by atoms with E-state index in [1.807, 2.05) is 6.92 Å². The second-order valence-electron chi connectivity index (χ2n) is 3.26. The zero-order valence-corrected chi connectivity index (χ0v) is 9.47. The number of rotatable bonds is 4. The van der Waals surface area contributed by atoms with E-state index in [0.29, 0.717) is 12.2 Å². The van der Waals surface area contributed by atoms with Crippen molar-refractivity contribution < 1.29 is 9.53 Å². The van der Waals surface area contributed by atoms with Crippen LogP contribution in [-0.4, -0.2) is 37.5 Å². The molecule has 0 aliphatic rings. The molecule has 2 N–H and O–H groups in total. The minimum absolute atomic E-state index is 0.203. The minimum Gasteiger partial charge on any atom is -0.463 e. The van der Waals surface area contributed by atoms with Crippen molar-refractivity contribution in [2.75, 3.05) is 11.9 Å². The summed E-state index contributed by atoms with van der Waals surface area (Å²) in [5, 5.41) is 12.8. The summed E-state index contributed by atoms with van der Waals surface area (Å²) in [5.41, 5.74) is 0.446. The lowest BCUT2D eigenvalue weighted by Gasteiger charge is -1.96. The number of amides is 1. The second kappa shape index (κ2) is 4.64. The number of hydrogen-bond donors (Lipinski definition) is 2. The van der Waals surface area contributed by atoms with Crippen molar-refractivity contribution in [1.29, 1.82) is 0 Å². The highest BCUT2D eigenvalue weighted by Crippen LogP contribution is 2.07. The predicted molar refractivity (Wildman–Crippen MR) is 58.7 cm³/mol. The molecule has 2 heterocycles. The molecule has 0 radical (unpaired) electrons. The average Bonchev–Trinajstić information content (AvgIpc) is 2.88. The van der Waals surface area contributed by atoms with Gasteiger partial charge in [0, 0.05) is 13.2 Å². The van der Waals surface area contributed by atoms with Crippen LogP contribution in [0, 0.1) is 0 Å². The standard InChI is InChI=1S/C9H12N6O2/c1-3-17-9-12-8(13-14-9)11-7(16)6-4-10-15(2)5-6/h4-5H,3H2,1-2H3,(H2,11,12,13,14,16). The molecule has 0 aliphatic carbocycles. The molecule has 0 atom stereocenters. The number of anilines is 1. The van der Waals surface area contributed by atoms with Gasteiger partial charge in [-0.2, -0.15) is 10.1 Å². The van der Waals surface area contributed by atoms with Crippen LogP contribution in [0.1, 0.15) is 17.3 Å². The van der Waals surface area contributed by atoms with Crippen molar-refractivity contribution >= 4 is 11.9 Å². The van der Waals surface area contributed by atoms with E-state index < -0.39 is 0 Å². The number of aromatic nitrogens is 5. The van der Waals surface area contributed by atoms with Crippen molar-refractivity contribution in [2.45, 2.75) is 6.92 Å². The van der Waals surface area contributed by atoms with Crippen LogP contribution in [0.3, 0.4) is 0 Å². The number of nitrogens with zero attached hydrogens (tertiary/aromatic N) is 4. The zero-order chi connectivity index (χ0) is 12.3. The van der Waals surface area contributed by atoms with Gasteiger partial charge in [-0.1, -0.05) is 0 Å². The fraction of sp³-hybridized carbons (Fsp3) is 0.333. The van der Waals surface area contributed by atoms with Gasteiger partial charge in [-0.15, -0.1) is 5.10 Å². The van der Waals surface area contributed by atoms with Gasteiger partial charge in [-0.25, -0.2) is 5.10 Å². The summed E-state index contributed by atoms with van der Waals surface area (Å²) in [6, 6.07) is 0.203. The highest BCUT2D eigenvalue weighted by atomic mass is 16.5. The lowest BCUT2D eigenvalue weighted by Crippen LogP contribution is -2.12. The molecule has 2 rings (SSSR count). The lowest BCUT2D eigenvalue weighted by molar-refractivity contribution is 0.102. The maximum atomic E-state index is 11.7. The highest BCUT2D eigenvalue weighted by Gasteiger charge is 2.11. The Morgan fingerprint density at radius 2 is 2.47 bits per heavy atom. The Hall–Kier alpha value is -2.38. The summed E-state index contributed by atoms with van der Waals surface area (Å²) >= 11 is 0. The SMILES string of the molecule is CCOc1n[nH]c(NC(=O)c2cnn(C)c2)n1. The Balaban J connectivity index is 2.02. The lowest BCUT2D eigenvalue weighted by atomic mass is 10.3. The summed E-state index contributed by atoms with van der Waals surface area (Å²) < 4.78 is 6.60. The number of carbonyl (C=O) groups is 1. The topological polar surface area (TPSA) is 97.7 Å². The van der Waals surface area contributed by atoms with E-state index in [1.54, 1.807) is 17.9 Å². The first-order valence-corrected chi connectivity index (χ1v) is 5.04. The van der Waals surface area contributed by atoms with Gasteiger partial charge in [0.15, 0.2) is 0 Å². The molecule has 0 aromatic carbocycles. The van der Waals surface area contributed by atoms with Gasteiger partial charge in [-0.3, -0.25) is 14.8 Å². The normalized spacial score (nSPS) is 10.2. The summed E-state index contributed by atoms with van der Waals surface area (Å²) in [4.78, 5) is 15.6. The molecule has 0 spiro atoms. The van der Waals surface area contributed by atoms with Crippen LogP contribution in [0.4, 0.5) is 5.95 Å². The maximum Gasteiger partial charge on any atom is 0.337 e. The highest BCUT2D eigenvalue weighted by molar-refractivity contribution is 6.02. The quantitative estimate of drug-likeness (QED) is 0.789. The van der Waals surface area contributed by atoms with Crippen LogP contribution in [0.2, 0.25) is 0 Å². The third-order valence-electron chi connectivity index (χ3n) is 1.94.